The van der Waals surface area contributed by atoms with E-state index in [0.717, 1.165) is 11.1 Å². The van der Waals surface area contributed by atoms with Crippen LogP contribution in [0.15, 0.2) is 45.8 Å². The smallest absolute Gasteiger partial charge is 0.141 e. The quantitative estimate of drug-likeness (QED) is 0.504. The zero-order valence-electron chi connectivity index (χ0n) is 11.0. The van der Waals surface area contributed by atoms with Gasteiger partial charge < -0.3 is 4.74 Å². The van der Waals surface area contributed by atoms with Gasteiger partial charge in [-0.3, -0.25) is 0 Å². The van der Waals surface area contributed by atoms with Crippen LogP contribution in [0, 0.1) is 5.82 Å². The molecule has 0 bridgehead atoms. The lowest BCUT2D eigenvalue weighted by Gasteiger charge is -2.15. The Morgan fingerprint density at radius 3 is 2.45 bits per heavy atom. The predicted molar refractivity (Wildman–Crippen MR) is 86.6 cm³/mol. The van der Waals surface area contributed by atoms with Gasteiger partial charge in [-0.05, 0) is 45.9 Å². The first kappa shape index (κ1) is 15.7. The SMILES string of the molecule is COc1cc(F)c(Br)cc1C(Cl)c1ccc(SC)cc1. The van der Waals surface area contributed by atoms with Crippen LogP contribution in [-0.2, 0) is 0 Å². The van der Waals surface area contributed by atoms with E-state index in [4.69, 9.17) is 16.3 Å². The van der Waals surface area contributed by atoms with Gasteiger partial charge in [-0.15, -0.1) is 23.4 Å². The third kappa shape index (κ3) is 3.30. The van der Waals surface area contributed by atoms with Crippen molar-refractivity contribution in [2.24, 2.45) is 0 Å². The van der Waals surface area contributed by atoms with E-state index in [1.807, 2.05) is 30.5 Å². The van der Waals surface area contributed by atoms with E-state index in [1.54, 1.807) is 17.8 Å². The average molecular weight is 376 g/mol. The summed E-state index contributed by atoms with van der Waals surface area (Å²) >= 11 is 11.4. The predicted octanol–water partition coefficient (Wildman–Crippen LogP) is 5.65. The van der Waals surface area contributed by atoms with E-state index in [0.29, 0.717) is 10.2 Å². The number of hydrogen-bond acceptors (Lipinski definition) is 2. The molecule has 0 saturated carbocycles. The Labute approximate surface area is 135 Å². The van der Waals surface area contributed by atoms with Gasteiger partial charge in [0, 0.05) is 16.5 Å². The van der Waals surface area contributed by atoms with Crippen LogP contribution in [0.2, 0.25) is 0 Å². The number of alkyl halides is 1. The van der Waals surface area contributed by atoms with Crippen molar-refractivity contribution in [1.82, 2.24) is 0 Å². The summed E-state index contributed by atoms with van der Waals surface area (Å²) < 4.78 is 19.1. The molecule has 1 atom stereocenters. The molecule has 0 aromatic heterocycles. The van der Waals surface area contributed by atoms with Crippen LogP contribution in [0.4, 0.5) is 4.39 Å². The normalized spacial score (nSPS) is 12.2. The van der Waals surface area contributed by atoms with Crippen LogP contribution in [0.5, 0.6) is 5.75 Å². The van der Waals surface area contributed by atoms with Crippen molar-refractivity contribution in [2.75, 3.05) is 13.4 Å². The molecule has 2 rings (SSSR count). The van der Waals surface area contributed by atoms with Crippen molar-refractivity contribution in [3.05, 3.63) is 57.8 Å². The van der Waals surface area contributed by atoms with Crippen molar-refractivity contribution >= 4 is 39.3 Å². The van der Waals surface area contributed by atoms with Gasteiger partial charge in [-0.1, -0.05) is 12.1 Å². The molecule has 0 aliphatic rings. The fourth-order valence-electron chi connectivity index (χ4n) is 1.87. The highest BCUT2D eigenvalue weighted by Gasteiger charge is 2.18. The number of ether oxygens (including phenoxy) is 1. The van der Waals surface area contributed by atoms with Gasteiger partial charge in [-0.25, -0.2) is 4.39 Å². The largest absolute Gasteiger partial charge is 0.496 e. The summed E-state index contributed by atoms with van der Waals surface area (Å²) in [6.07, 6.45) is 2.02. The molecule has 106 valence electrons. The first-order valence-electron chi connectivity index (χ1n) is 5.87. The molecule has 0 radical (unpaired) electrons. The Morgan fingerprint density at radius 1 is 1.25 bits per heavy atom. The van der Waals surface area contributed by atoms with Crippen molar-refractivity contribution < 1.29 is 9.13 Å². The highest BCUT2D eigenvalue weighted by molar-refractivity contribution is 9.10. The first-order chi connectivity index (χ1) is 9.56. The molecule has 20 heavy (non-hydrogen) atoms. The second-order valence-electron chi connectivity index (χ2n) is 4.14. The molecule has 1 nitrogen and oxygen atoms in total. The maximum atomic E-state index is 13.5. The lowest BCUT2D eigenvalue weighted by atomic mass is 10.0. The molecule has 0 heterocycles. The molecule has 2 aromatic rings. The maximum absolute atomic E-state index is 13.5. The zero-order chi connectivity index (χ0) is 14.7. The van der Waals surface area contributed by atoms with Gasteiger partial charge in [0.15, 0.2) is 0 Å². The summed E-state index contributed by atoms with van der Waals surface area (Å²) in [6, 6.07) is 11.0. The molecular weight excluding hydrogens is 363 g/mol. The molecule has 1 unspecified atom stereocenters. The van der Waals surface area contributed by atoms with Gasteiger partial charge >= 0.3 is 0 Å². The minimum atomic E-state index is -0.391. The van der Waals surface area contributed by atoms with Gasteiger partial charge in [0.1, 0.15) is 11.6 Å². The number of benzene rings is 2. The lowest BCUT2D eigenvalue weighted by Crippen LogP contribution is -1.99. The summed E-state index contributed by atoms with van der Waals surface area (Å²) in [5, 5.41) is -0.391. The van der Waals surface area contributed by atoms with Gasteiger partial charge in [0.25, 0.3) is 0 Å². The third-order valence-electron chi connectivity index (χ3n) is 2.95. The van der Waals surface area contributed by atoms with Gasteiger partial charge in [-0.2, -0.15) is 0 Å². The number of halogens is 3. The Kier molecular flexibility index (Phi) is 5.35. The summed E-state index contributed by atoms with van der Waals surface area (Å²) in [5.41, 5.74) is 1.68. The zero-order valence-corrected chi connectivity index (χ0v) is 14.2. The third-order valence-corrected chi connectivity index (χ3v) is 4.79. The number of rotatable bonds is 4. The fraction of sp³-hybridized carbons (Fsp3) is 0.200. The molecule has 0 aliphatic heterocycles. The molecule has 0 amide bonds. The minimum Gasteiger partial charge on any atom is -0.496 e. The first-order valence-corrected chi connectivity index (χ1v) is 8.33. The second kappa shape index (κ2) is 6.83. The van der Waals surface area contributed by atoms with Crippen LogP contribution in [0.25, 0.3) is 0 Å². The van der Waals surface area contributed by atoms with E-state index >= 15 is 0 Å². The highest BCUT2D eigenvalue weighted by Crippen LogP contribution is 2.38. The standard InChI is InChI=1S/C15H13BrClFOS/c1-19-14-8-13(18)12(16)7-11(14)15(17)9-3-5-10(20-2)6-4-9/h3-8,15H,1-2H3. The Bertz CT molecular complexity index is 604. The van der Waals surface area contributed by atoms with E-state index in [9.17, 15) is 4.39 Å². The average Bonchev–Trinajstić information content (AvgIpc) is 2.49. The number of methoxy groups -OCH3 is 1. The molecule has 0 fully saturated rings. The highest BCUT2D eigenvalue weighted by atomic mass is 79.9. The van der Waals surface area contributed by atoms with Crippen LogP contribution < -0.4 is 4.74 Å². The van der Waals surface area contributed by atoms with E-state index in [2.05, 4.69) is 15.9 Å². The van der Waals surface area contributed by atoms with E-state index in [-0.39, 0.29) is 5.82 Å². The van der Waals surface area contributed by atoms with Crippen LogP contribution in [0.3, 0.4) is 0 Å². The van der Waals surface area contributed by atoms with Gasteiger partial charge in [0.05, 0.1) is 17.0 Å². The number of hydrogen-bond donors (Lipinski definition) is 0. The molecule has 2 aromatic carbocycles. The molecular formula is C15H13BrClFOS. The molecule has 0 aliphatic carbocycles. The maximum Gasteiger partial charge on any atom is 0.141 e. The summed E-state index contributed by atoms with van der Waals surface area (Å²) in [4.78, 5) is 1.17. The topological polar surface area (TPSA) is 9.23 Å². The summed E-state index contributed by atoms with van der Waals surface area (Å²) in [6.45, 7) is 0. The summed E-state index contributed by atoms with van der Waals surface area (Å²) in [7, 11) is 1.51. The second-order valence-corrected chi connectivity index (χ2v) is 6.31. The van der Waals surface area contributed by atoms with Crippen molar-refractivity contribution in [3.8, 4) is 5.75 Å². The van der Waals surface area contributed by atoms with Crippen molar-refractivity contribution in [2.45, 2.75) is 10.3 Å². The lowest BCUT2D eigenvalue weighted by molar-refractivity contribution is 0.406. The monoisotopic (exact) mass is 374 g/mol. The molecule has 5 heteroatoms. The van der Waals surface area contributed by atoms with Crippen LogP contribution >= 0.6 is 39.3 Å². The Morgan fingerprint density at radius 2 is 1.90 bits per heavy atom. The van der Waals surface area contributed by atoms with Crippen molar-refractivity contribution in [3.63, 3.8) is 0 Å². The summed E-state index contributed by atoms with van der Waals surface area (Å²) in [5.74, 6) is 0.0758. The van der Waals surface area contributed by atoms with Crippen molar-refractivity contribution in [1.29, 1.82) is 0 Å². The van der Waals surface area contributed by atoms with Crippen LogP contribution in [-0.4, -0.2) is 13.4 Å². The number of thioether (sulfide) groups is 1. The van der Waals surface area contributed by atoms with E-state index < -0.39 is 5.38 Å². The van der Waals surface area contributed by atoms with Crippen LogP contribution in [0.1, 0.15) is 16.5 Å². The minimum absolute atomic E-state index is 0.368. The molecule has 0 saturated heterocycles. The Hall–Kier alpha value is -0.710. The molecule has 0 spiro atoms. The Balaban J connectivity index is 2.41. The fourth-order valence-corrected chi connectivity index (χ4v) is 2.96. The van der Waals surface area contributed by atoms with Gasteiger partial charge in [0.2, 0.25) is 0 Å². The van der Waals surface area contributed by atoms with E-state index in [1.165, 1.54) is 18.1 Å². The molecule has 0 N–H and O–H groups in total.